The summed E-state index contributed by atoms with van der Waals surface area (Å²) >= 11 is 0. The first-order valence-corrected chi connectivity index (χ1v) is 11.6. The van der Waals surface area contributed by atoms with Crippen molar-refractivity contribution in [3.63, 3.8) is 0 Å². The number of piperidine rings is 1. The number of nitrogens with one attached hydrogen (secondary N) is 1. The highest BCUT2D eigenvalue weighted by Gasteiger charge is 2.43. The number of nitrogens with zero attached hydrogens (tertiary/aromatic N) is 3. The molecule has 0 spiro atoms. The average molecular weight is 485 g/mol. The van der Waals surface area contributed by atoms with Crippen LogP contribution in [-0.2, 0) is 11.0 Å². The third kappa shape index (κ3) is 5.11. The molecular weight excluding hydrogens is 457 g/mol. The van der Waals surface area contributed by atoms with Gasteiger partial charge >= 0.3 is 6.18 Å². The van der Waals surface area contributed by atoms with Gasteiger partial charge in [-0.3, -0.25) is 9.59 Å². The standard InChI is InChI=1S/C26H27F3N4O2/c1-31-24(34)22-16-33(20-8-7-19(14-30)23(13-20)26(27,28)29)15-21(22)17-9-11-32(12-10-17)25(35)18-5-3-2-4-6-18/h2-8,13,17,21-22H,9-12,15-16H2,1H3,(H,31,34)/t21-,22+/m0/s1. The van der Waals surface area contributed by atoms with Gasteiger partial charge in [0.1, 0.15) is 0 Å². The van der Waals surface area contributed by atoms with Crippen molar-refractivity contribution in [2.75, 3.05) is 38.1 Å². The van der Waals surface area contributed by atoms with Crippen LogP contribution in [-0.4, -0.2) is 49.9 Å². The quantitative estimate of drug-likeness (QED) is 0.714. The Hall–Kier alpha value is -3.54. The second-order valence-electron chi connectivity index (χ2n) is 9.12. The molecule has 9 heteroatoms. The lowest BCUT2D eigenvalue weighted by Gasteiger charge is -2.36. The minimum Gasteiger partial charge on any atom is -0.370 e. The van der Waals surface area contributed by atoms with E-state index in [0.29, 0.717) is 37.4 Å². The zero-order valence-corrected chi connectivity index (χ0v) is 19.4. The van der Waals surface area contributed by atoms with Gasteiger partial charge in [-0.1, -0.05) is 18.2 Å². The summed E-state index contributed by atoms with van der Waals surface area (Å²) in [5.41, 5.74) is -0.396. The van der Waals surface area contributed by atoms with Crippen molar-refractivity contribution in [1.29, 1.82) is 5.26 Å². The van der Waals surface area contributed by atoms with Gasteiger partial charge in [-0.05, 0) is 55.0 Å². The predicted molar refractivity (Wildman–Crippen MR) is 124 cm³/mol. The summed E-state index contributed by atoms with van der Waals surface area (Å²) in [6.45, 7) is 1.89. The second-order valence-corrected chi connectivity index (χ2v) is 9.12. The number of rotatable bonds is 4. The van der Waals surface area contributed by atoms with Gasteiger partial charge in [0.05, 0.1) is 23.1 Å². The first-order valence-electron chi connectivity index (χ1n) is 11.6. The van der Waals surface area contributed by atoms with E-state index < -0.39 is 17.3 Å². The lowest BCUT2D eigenvalue weighted by Crippen LogP contribution is -2.43. The van der Waals surface area contributed by atoms with Gasteiger partial charge in [0.2, 0.25) is 5.91 Å². The molecule has 2 aliphatic heterocycles. The third-order valence-corrected chi connectivity index (χ3v) is 7.20. The van der Waals surface area contributed by atoms with E-state index in [-0.39, 0.29) is 29.6 Å². The van der Waals surface area contributed by atoms with Crippen LogP contribution in [0.15, 0.2) is 48.5 Å². The lowest BCUT2D eigenvalue weighted by atomic mass is 9.78. The lowest BCUT2D eigenvalue weighted by molar-refractivity contribution is -0.137. The van der Waals surface area contributed by atoms with Crippen LogP contribution in [0.2, 0.25) is 0 Å². The molecule has 4 rings (SSSR count). The molecule has 0 unspecified atom stereocenters. The molecule has 2 heterocycles. The molecule has 1 N–H and O–H groups in total. The van der Waals surface area contributed by atoms with Crippen LogP contribution < -0.4 is 10.2 Å². The number of hydrogen-bond donors (Lipinski definition) is 1. The Kier molecular flexibility index (Phi) is 7.01. The summed E-state index contributed by atoms with van der Waals surface area (Å²) in [7, 11) is 1.56. The highest BCUT2D eigenvalue weighted by molar-refractivity contribution is 5.94. The van der Waals surface area contributed by atoms with Crippen LogP contribution in [0.5, 0.6) is 0 Å². The van der Waals surface area contributed by atoms with Gasteiger partial charge in [0.15, 0.2) is 0 Å². The van der Waals surface area contributed by atoms with E-state index in [1.54, 1.807) is 25.2 Å². The summed E-state index contributed by atoms with van der Waals surface area (Å²) in [6.07, 6.45) is -3.18. The van der Waals surface area contributed by atoms with Crippen molar-refractivity contribution in [2.45, 2.75) is 19.0 Å². The molecule has 2 aromatic carbocycles. The van der Waals surface area contributed by atoms with Crippen molar-refractivity contribution in [3.8, 4) is 6.07 Å². The summed E-state index contributed by atoms with van der Waals surface area (Å²) in [5.74, 6) is -0.398. The molecule has 2 aliphatic rings. The summed E-state index contributed by atoms with van der Waals surface area (Å²) in [5, 5.41) is 11.8. The number of carbonyl (C=O) groups excluding carboxylic acids is 2. The molecule has 0 radical (unpaired) electrons. The first-order chi connectivity index (χ1) is 16.7. The number of alkyl halides is 3. The van der Waals surface area contributed by atoms with Gasteiger partial charge in [-0.15, -0.1) is 0 Å². The predicted octanol–water partition coefficient (Wildman–Crippen LogP) is 3.93. The molecule has 2 saturated heterocycles. The van der Waals surface area contributed by atoms with Crippen molar-refractivity contribution in [3.05, 3.63) is 65.2 Å². The SMILES string of the molecule is CNC(=O)[C@@H]1CN(c2ccc(C#N)c(C(F)(F)F)c2)C[C@H]1C1CCN(C(=O)c2ccccc2)CC1. The van der Waals surface area contributed by atoms with E-state index in [2.05, 4.69) is 5.32 Å². The highest BCUT2D eigenvalue weighted by Crippen LogP contribution is 2.40. The largest absolute Gasteiger partial charge is 0.417 e. The smallest absolute Gasteiger partial charge is 0.370 e. The van der Waals surface area contributed by atoms with Gasteiger partial charge in [-0.2, -0.15) is 18.4 Å². The van der Waals surface area contributed by atoms with Crippen LogP contribution in [0.25, 0.3) is 0 Å². The van der Waals surface area contributed by atoms with Crippen molar-refractivity contribution in [1.82, 2.24) is 10.2 Å². The maximum absolute atomic E-state index is 13.5. The topological polar surface area (TPSA) is 76.4 Å². The summed E-state index contributed by atoms with van der Waals surface area (Å²) in [6, 6.07) is 14.4. The monoisotopic (exact) mass is 484 g/mol. The van der Waals surface area contributed by atoms with E-state index in [1.165, 1.54) is 12.1 Å². The first kappa shape index (κ1) is 24.6. The summed E-state index contributed by atoms with van der Waals surface area (Å²) < 4.78 is 40.5. The Labute approximate surface area is 202 Å². The number of likely N-dealkylation sites (tertiary alicyclic amines) is 1. The van der Waals surface area contributed by atoms with Crippen LogP contribution in [0.1, 0.15) is 34.3 Å². The van der Waals surface area contributed by atoms with E-state index in [0.717, 1.165) is 18.9 Å². The number of halogens is 3. The number of carbonyl (C=O) groups is 2. The molecule has 0 bridgehead atoms. The van der Waals surface area contributed by atoms with Crippen molar-refractivity contribution >= 4 is 17.5 Å². The highest BCUT2D eigenvalue weighted by atomic mass is 19.4. The van der Waals surface area contributed by atoms with Crippen LogP contribution in [0, 0.1) is 29.1 Å². The van der Waals surface area contributed by atoms with Crippen molar-refractivity contribution < 1.29 is 22.8 Å². The molecule has 2 amide bonds. The molecule has 35 heavy (non-hydrogen) atoms. The number of amides is 2. The van der Waals surface area contributed by atoms with E-state index >= 15 is 0 Å². The number of benzene rings is 2. The molecule has 0 aliphatic carbocycles. The zero-order valence-electron chi connectivity index (χ0n) is 19.4. The number of hydrogen-bond acceptors (Lipinski definition) is 4. The summed E-state index contributed by atoms with van der Waals surface area (Å²) in [4.78, 5) is 29.1. The molecule has 0 aromatic heterocycles. The third-order valence-electron chi connectivity index (χ3n) is 7.20. The fourth-order valence-corrected chi connectivity index (χ4v) is 5.34. The Balaban J connectivity index is 1.50. The molecule has 6 nitrogen and oxygen atoms in total. The maximum Gasteiger partial charge on any atom is 0.417 e. The number of anilines is 1. The fraction of sp³-hybridized carbons (Fsp3) is 0.423. The second kappa shape index (κ2) is 9.98. The van der Waals surface area contributed by atoms with E-state index in [1.807, 2.05) is 28.0 Å². The fourth-order valence-electron chi connectivity index (χ4n) is 5.34. The molecule has 2 atom stereocenters. The van der Waals surface area contributed by atoms with Gasteiger partial charge in [-0.25, -0.2) is 0 Å². The Morgan fingerprint density at radius 3 is 2.34 bits per heavy atom. The minimum absolute atomic E-state index is 0.0165. The van der Waals surface area contributed by atoms with E-state index in [9.17, 15) is 22.8 Å². The van der Waals surface area contributed by atoms with Crippen LogP contribution >= 0.6 is 0 Å². The van der Waals surface area contributed by atoms with Gasteiger partial charge in [0.25, 0.3) is 5.91 Å². The van der Waals surface area contributed by atoms with Crippen LogP contribution in [0.4, 0.5) is 18.9 Å². The van der Waals surface area contributed by atoms with Gasteiger partial charge in [0, 0.05) is 44.5 Å². The van der Waals surface area contributed by atoms with Crippen LogP contribution in [0.3, 0.4) is 0 Å². The normalized spacial score (nSPS) is 21.0. The average Bonchev–Trinajstić information content (AvgIpc) is 3.33. The Morgan fingerprint density at radius 1 is 1.06 bits per heavy atom. The zero-order chi connectivity index (χ0) is 25.2. The van der Waals surface area contributed by atoms with Crippen molar-refractivity contribution in [2.24, 2.45) is 17.8 Å². The molecule has 0 saturated carbocycles. The molecular formula is C26H27F3N4O2. The number of nitriles is 1. The maximum atomic E-state index is 13.5. The minimum atomic E-state index is -4.64. The molecule has 2 aromatic rings. The Morgan fingerprint density at radius 2 is 1.74 bits per heavy atom. The van der Waals surface area contributed by atoms with E-state index in [4.69, 9.17) is 5.26 Å². The van der Waals surface area contributed by atoms with Gasteiger partial charge < -0.3 is 15.1 Å². The molecule has 2 fully saturated rings. The Bertz CT molecular complexity index is 1120. The molecule has 184 valence electrons.